The molecule has 0 aliphatic carbocycles. The van der Waals surface area contributed by atoms with Crippen LogP contribution in [0.5, 0.6) is 0 Å². The summed E-state index contributed by atoms with van der Waals surface area (Å²) in [5, 5.41) is 4.47. The number of aromatic amines is 2. The molecule has 25 heavy (non-hydrogen) atoms. The summed E-state index contributed by atoms with van der Waals surface area (Å²) >= 11 is 0. The van der Waals surface area contributed by atoms with Gasteiger partial charge in [-0.2, -0.15) is 0 Å². The van der Waals surface area contributed by atoms with Crippen molar-refractivity contribution in [1.82, 2.24) is 15.3 Å². The Balaban J connectivity index is 1.72. The monoisotopic (exact) mass is 329 g/mol. The van der Waals surface area contributed by atoms with Crippen LogP contribution in [0.1, 0.15) is 23.0 Å². The fourth-order valence-electron chi connectivity index (χ4n) is 3.92. The first-order chi connectivity index (χ1) is 12.2. The van der Waals surface area contributed by atoms with Crippen LogP contribution in [0.3, 0.4) is 0 Å². The van der Waals surface area contributed by atoms with E-state index in [0.29, 0.717) is 0 Å². The van der Waals surface area contributed by atoms with Gasteiger partial charge in [-0.1, -0.05) is 36.4 Å². The van der Waals surface area contributed by atoms with E-state index in [0.717, 1.165) is 32.9 Å². The van der Waals surface area contributed by atoms with Crippen molar-refractivity contribution in [2.75, 3.05) is 0 Å². The second-order valence-electron chi connectivity index (χ2n) is 6.39. The Kier molecular flexibility index (Phi) is 2.85. The highest BCUT2D eigenvalue weighted by molar-refractivity contribution is 6.13. The Hall–Kier alpha value is -3.34. The van der Waals surface area contributed by atoms with Gasteiger partial charge in [-0.3, -0.25) is 14.9 Å². The normalized spacial score (nSPS) is 20.5. The van der Waals surface area contributed by atoms with Crippen molar-refractivity contribution in [3.63, 3.8) is 0 Å². The maximum Gasteiger partial charge on any atom is 0.235 e. The maximum absolute atomic E-state index is 12.6. The largest absolute Gasteiger partial charge is 0.361 e. The lowest BCUT2D eigenvalue weighted by Crippen LogP contribution is -2.21. The molecule has 0 spiro atoms. The highest BCUT2D eigenvalue weighted by Gasteiger charge is 2.45. The van der Waals surface area contributed by atoms with E-state index in [9.17, 15) is 9.59 Å². The summed E-state index contributed by atoms with van der Waals surface area (Å²) in [6, 6.07) is 15.7. The SMILES string of the molecule is O=C1NC(=O)[C@@H](c2c[nH]c3ccccc23)[C@@H]1c1c[nH]c2ccccc12. The van der Waals surface area contributed by atoms with Crippen LogP contribution in [0, 0.1) is 0 Å². The summed E-state index contributed by atoms with van der Waals surface area (Å²) in [5.41, 5.74) is 3.63. The van der Waals surface area contributed by atoms with E-state index in [1.54, 1.807) is 0 Å². The van der Waals surface area contributed by atoms with Crippen molar-refractivity contribution in [3.05, 3.63) is 72.1 Å². The molecule has 0 bridgehead atoms. The first-order valence-corrected chi connectivity index (χ1v) is 8.21. The predicted octanol–water partition coefficient (Wildman–Crippen LogP) is 3.17. The summed E-state index contributed by atoms with van der Waals surface area (Å²) in [4.78, 5) is 31.6. The Morgan fingerprint density at radius 1 is 0.640 bits per heavy atom. The van der Waals surface area contributed by atoms with Crippen LogP contribution >= 0.6 is 0 Å². The molecule has 3 heterocycles. The molecule has 2 aromatic carbocycles. The third kappa shape index (κ3) is 1.96. The van der Waals surface area contributed by atoms with Gasteiger partial charge in [0.1, 0.15) is 0 Å². The highest BCUT2D eigenvalue weighted by Crippen LogP contribution is 2.42. The van der Waals surface area contributed by atoms with Gasteiger partial charge in [0.05, 0.1) is 11.8 Å². The van der Waals surface area contributed by atoms with Gasteiger partial charge in [0.15, 0.2) is 0 Å². The zero-order valence-corrected chi connectivity index (χ0v) is 13.2. The molecule has 5 heteroatoms. The minimum atomic E-state index is -0.539. The second kappa shape index (κ2) is 5.08. The van der Waals surface area contributed by atoms with Gasteiger partial charge in [0.2, 0.25) is 11.8 Å². The number of benzene rings is 2. The molecule has 5 rings (SSSR count). The smallest absolute Gasteiger partial charge is 0.235 e. The van der Waals surface area contributed by atoms with E-state index in [1.165, 1.54) is 0 Å². The molecule has 122 valence electrons. The van der Waals surface area contributed by atoms with E-state index >= 15 is 0 Å². The lowest BCUT2D eigenvalue weighted by molar-refractivity contribution is -0.125. The topological polar surface area (TPSA) is 77.8 Å². The fraction of sp³-hybridized carbons (Fsp3) is 0.100. The van der Waals surface area contributed by atoms with E-state index in [1.807, 2.05) is 60.9 Å². The number of hydrogen-bond acceptors (Lipinski definition) is 2. The number of carbonyl (C=O) groups excluding carboxylic acids is 2. The Bertz CT molecular complexity index is 1050. The first kappa shape index (κ1) is 14.0. The summed E-state index contributed by atoms with van der Waals surface area (Å²) in [6.45, 7) is 0. The number of nitrogens with one attached hydrogen (secondary N) is 3. The molecule has 2 amide bonds. The molecule has 4 aromatic rings. The number of fused-ring (bicyclic) bond motifs is 2. The van der Waals surface area contributed by atoms with E-state index in [4.69, 9.17) is 0 Å². The Morgan fingerprint density at radius 2 is 1.08 bits per heavy atom. The van der Waals surface area contributed by atoms with Crippen LogP contribution in [0.4, 0.5) is 0 Å². The number of amides is 2. The van der Waals surface area contributed by atoms with Gasteiger partial charge in [0, 0.05) is 34.2 Å². The molecular formula is C20H15N3O2. The average Bonchev–Trinajstić information content (AvgIpc) is 3.30. The molecule has 5 nitrogen and oxygen atoms in total. The van der Waals surface area contributed by atoms with Crippen LogP contribution in [0.2, 0.25) is 0 Å². The third-order valence-corrected chi connectivity index (χ3v) is 5.06. The molecule has 0 saturated carbocycles. The number of aromatic nitrogens is 2. The Labute approximate surface area is 143 Å². The summed E-state index contributed by atoms with van der Waals surface area (Å²) < 4.78 is 0. The molecule has 1 fully saturated rings. The molecule has 2 aromatic heterocycles. The highest BCUT2D eigenvalue weighted by atomic mass is 16.2. The second-order valence-corrected chi connectivity index (χ2v) is 6.39. The fourth-order valence-corrected chi connectivity index (χ4v) is 3.92. The third-order valence-electron chi connectivity index (χ3n) is 5.06. The van der Waals surface area contributed by atoms with E-state index in [2.05, 4.69) is 15.3 Å². The number of hydrogen-bond donors (Lipinski definition) is 3. The van der Waals surface area contributed by atoms with Crippen molar-refractivity contribution >= 4 is 33.6 Å². The lowest BCUT2D eigenvalue weighted by Gasteiger charge is -2.14. The molecule has 1 aliphatic heterocycles. The molecule has 1 aliphatic rings. The first-order valence-electron chi connectivity index (χ1n) is 8.21. The number of rotatable bonds is 2. The quantitative estimate of drug-likeness (QED) is 0.494. The number of para-hydroxylation sites is 2. The number of imide groups is 1. The predicted molar refractivity (Wildman–Crippen MR) is 95.2 cm³/mol. The van der Waals surface area contributed by atoms with Gasteiger partial charge in [0.25, 0.3) is 0 Å². The molecular weight excluding hydrogens is 314 g/mol. The van der Waals surface area contributed by atoms with Crippen molar-refractivity contribution in [3.8, 4) is 0 Å². The van der Waals surface area contributed by atoms with Crippen LogP contribution in [0.15, 0.2) is 60.9 Å². The zero-order chi connectivity index (χ0) is 17.0. The summed E-state index contributed by atoms with van der Waals surface area (Å²) in [6.07, 6.45) is 3.69. The lowest BCUT2D eigenvalue weighted by atomic mass is 9.83. The number of H-pyrrole nitrogens is 2. The standard InChI is InChI=1S/C20H15N3O2/c24-19-17(13-9-21-15-7-3-1-5-11(13)15)18(20(25)23-19)14-10-22-16-8-4-2-6-12(14)16/h1-10,17-18,21-22H,(H,23,24,25)/t17-,18-/m0/s1. The number of carbonyl (C=O) groups is 2. The van der Waals surface area contributed by atoms with Crippen LogP contribution in [0.25, 0.3) is 21.8 Å². The van der Waals surface area contributed by atoms with Crippen LogP contribution in [-0.4, -0.2) is 21.8 Å². The van der Waals surface area contributed by atoms with Gasteiger partial charge in [-0.25, -0.2) is 0 Å². The minimum absolute atomic E-state index is 0.245. The van der Waals surface area contributed by atoms with E-state index in [-0.39, 0.29) is 11.8 Å². The van der Waals surface area contributed by atoms with Crippen molar-refractivity contribution in [1.29, 1.82) is 0 Å². The van der Waals surface area contributed by atoms with Crippen LogP contribution in [-0.2, 0) is 9.59 Å². The van der Waals surface area contributed by atoms with Gasteiger partial charge >= 0.3 is 0 Å². The van der Waals surface area contributed by atoms with Crippen LogP contribution < -0.4 is 5.32 Å². The van der Waals surface area contributed by atoms with E-state index < -0.39 is 11.8 Å². The van der Waals surface area contributed by atoms with Crippen molar-refractivity contribution in [2.24, 2.45) is 0 Å². The molecule has 1 saturated heterocycles. The molecule has 0 radical (unpaired) electrons. The summed E-state index contributed by atoms with van der Waals surface area (Å²) in [7, 11) is 0. The zero-order valence-electron chi connectivity index (χ0n) is 13.2. The average molecular weight is 329 g/mol. The Morgan fingerprint density at radius 3 is 1.56 bits per heavy atom. The van der Waals surface area contributed by atoms with Crippen molar-refractivity contribution in [2.45, 2.75) is 11.8 Å². The minimum Gasteiger partial charge on any atom is -0.361 e. The maximum atomic E-state index is 12.6. The molecule has 3 N–H and O–H groups in total. The molecule has 0 unspecified atom stereocenters. The van der Waals surface area contributed by atoms with Gasteiger partial charge in [-0.15, -0.1) is 0 Å². The van der Waals surface area contributed by atoms with Gasteiger partial charge < -0.3 is 9.97 Å². The van der Waals surface area contributed by atoms with Crippen molar-refractivity contribution < 1.29 is 9.59 Å². The summed E-state index contributed by atoms with van der Waals surface area (Å²) in [5.74, 6) is -1.57. The van der Waals surface area contributed by atoms with Gasteiger partial charge in [-0.05, 0) is 23.3 Å². The molecule has 2 atom stereocenters.